The van der Waals surface area contributed by atoms with Crippen molar-refractivity contribution in [3.05, 3.63) is 34.3 Å². The number of hydrogen-bond donors (Lipinski definition) is 1. The molecule has 0 heterocycles. The Balaban J connectivity index is 2.72. The predicted molar refractivity (Wildman–Crippen MR) is 81.7 cm³/mol. The summed E-state index contributed by atoms with van der Waals surface area (Å²) in [6.45, 7) is 11.4. The van der Waals surface area contributed by atoms with E-state index in [0.29, 0.717) is 34.9 Å². The standard InChI is InChI=1S/C16H24ClNO/c1-10(2)14(11(3)4)9-18-16(19)13-8-6-7-12(5)15(13)17/h6-8,10-11,14H,9H2,1-5H3,(H,18,19). The Labute approximate surface area is 121 Å². The van der Waals surface area contributed by atoms with Gasteiger partial charge in [0.25, 0.3) is 5.91 Å². The minimum atomic E-state index is -0.0833. The van der Waals surface area contributed by atoms with Gasteiger partial charge in [0.1, 0.15) is 0 Å². The first-order valence-electron chi connectivity index (χ1n) is 6.87. The van der Waals surface area contributed by atoms with Gasteiger partial charge in [0.05, 0.1) is 10.6 Å². The normalized spacial score (nSPS) is 11.4. The molecule has 1 N–H and O–H groups in total. The number of carbonyl (C=O) groups excluding carboxylic acids is 1. The third-order valence-electron chi connectivity index (χ3n) is 3.65. The molecule has 0 fully saturated rings. The number of halogens is 1. The van der Waals surface area contributed by atoms with Crippen molar-refractivity contribution in [1.82, 2.24) is 5.32 Å². The van der Waals surface area contributed by atoms with Gasteiger partial charge in [-0.15, -0.1) is 0 Å². The predicted octanol–water partition coefficient (Wildman–Crippen LogP) is 4.31. The monoisotopic (exact) mass is 281 g/mol. The van der Waals surface area contributed by atoms with Crippen LogP contribution in [0.15, 0.2) is 18.2 Å². The largest absolute Gasteiger partial charge is 0.352 e. The molecule has 0 spiro atoms. The highest BCUT2D eigenvalue weighted by Crippen LogP contribution is 2.22. The quantitative estimate of drug-likeness (QED) is 0.856. The number of hydrogen-bond acceptors (Lipinski definition) is 1. The average Bonchev–Trinajstić information content (AvgIpc) is 2.31. The van der Waals surface area contributed by atoms with Crippen LogP contribution in [0.3, 0.4) is 0 Å². The van der Waals surface area contributed by atoms with Gasteiger partial charge in [-0.3, -0.25) is 4.79 Å². The zero-order valence-corrected chi connectivity index (χ0v) is 13.2. The van der Waals surface area contributed by atoms with Crippen LogP contribution in [0.1, 0.15) is 43.6 Å². The Bertz CT molecular complexity index is 432. The highest BCUT2D eigenvalue weighted by molar-refractivity contribution is 6.34. The summed E-state index contributed by atoms with van der Waals surface area (Å²) in [6, 6.07) is 5.53. The zero-order chi connectivity index (χ0) is 14.6. The van der Waals surface area contributed by atoms with E-state index in [4.69, 9.17) is 11.6 Å². The van der Waals surface area contributed by atoms with E-state index in [0.717, 1.165) is 5.56 Å². The maximum absolute atomic E-state index is 12.2. The van der Waals surface area contributed by atoms with E-state index >= 15 is 0 Å². The lowest BCUT2D eigenvalue weighted by molar-refractivity contribution is 0.0937. The van der Waals surface area contributed by atoms with Crippen LogP contribution >= 0.6 is 11.6 Å². The fourth-order valence-corrected chi connectivity index (χ4v) is 2.58. The smallest absolute Gasteiger partial charge is 0.252 e. The Morgan fingerprint density at radius 3 is 2.32 bits per heavy atom. The molecular formula is C16H24ClNO. The molecule has 0 aliphatic carbocycles. The SMILES string of the molecule is Cc1cccc(C(=O)NCC(C(C)C)C(C)C)c1Cl. The number of nitrogens with one attached hydrogen (secondary N) is 1. The van der Waals surface area contributed by atoms with E-state index in [2.05, 4.69) is 33.0 Å². The van der Waals surface area contributed by atoms with Crippen LogP contribution in [0.25, 0.3) is 0 Å². The molecule has 0 atom stereocenters. The lowest BCUT2D eigenvalue weighted by atomic mass is 9.85. The van der Waals surface area contributed by atoms with Crippen LogP contribution in [0, 0.1) is 24.7 Å². The number of rotatable bonds is 5. The van der Waals surface area contributed by atoms with E-state index in [-0.39, 0.29) is 5.91 Å². The molecule has 1 amide bonds. The van der Waals surface area contributed by atoms with E-state index in [1.54, 1.807) is 6.07 Å². The fraction of sp³-hybridized carbons (Fsp3) is 0.562. The molecule has 0 aliphatic rings. The summed E-state index contributed by atoms with van der Waals surface area (Å²) in [5.74, 6) is 1.49. The van der Waals surface area contributed by atoms with Crippen molar-refractivity contribution in [3.63, 3.8) is 0 Å². The van der Waals surface area contributed by atoms with Gasteiger partial charge < -0.3 is 5.32 Å². The van der Waals surface area contributed by atoms with Gasteiger partial charge in [-0.2, -0.15) is 0 Å². The van der Waals surface area contributed by atoms with E-state index in [1.165, 1.54) is 0 Å². The van der Waals surface area contributed by atoms with Crippen molar-refractivity contribution in [1.29, 1.82) is 0 Å². The molecule has 1 aromatic rings. The highest BCUT2D eigenvalue weighted by atomic mass is 35.5. The molecule has 3 heteroatoms. The zero-order valence-electron chi connectivity index (χ0n) is 12.5. The maximum Gasteiger partial charge on any atom is 0.252 e. The van der Waals surface area contributed by atoms with Crippen molar-refractivity contribution < 1.29 is 4.79 Å². The Morgan fingerprint density at radius 2 is 1.79 bits per heavy atom. The minimum absolute atomic E-state index is 0.0833. The van der Waals surface area contributed by atoms with Gasteiger partial charge in [-0.05, 0) is 36.3 Å². The summed E-state index contributed by atoms with van der Waals surface area (Å²) in [6.07, 6.45) is 0. The van der Waals surface area contributed by atoms with Crippen molar-refractivity contribution in [3.8, 4) is 0 Å². The van der Waals surface area contributed by atoms with Crippen molar-refractivity contribution >= 4 is 17.5 Å². The fourth-order valence-electron chi connectivity index (χ4n) is 2.37. The Hall–Kier alpha value is -1.02. The number of benzene rings is 1. The average molecular weight is 282 g/mol. The van der Waals surface area contributed by atoms with Gasteiger partial charge >= 0.3 is 0 Å². The highest BCUT2D eigenvalue weighted by Gasteiger charge is 2.19. The summed E-state index contributed by atoms with van der Waals surface area (Å²) >= 11 is 6.17. The molecule has 0 saturated heterocycles. The first-order chi connectivity index (χ1) is 8.84. The molecule has 0 saturated carbocycles. The lowest BCUT2D eigenvalue weighted by Crippen LogP contribution is -2.34. The van der Waals surface area contributed by atoms with Crippen LogP contribution < -0.4 is 5.32 Å². The summed E-state index contributed by atoms with van der Waals surface area (Å²) in [5, 5.41) is 3.55. The molecule has 0 unspecified atom stereocenters. The van der Waals surface area contributed by atoms with Gasteiger partial charge in [-0.1, -0.05) is 51.4 Å². The minimum Gasteiger partial charge on any atom is -0.352 e. The van der Waals surface area contributed by atoms with E-state index < -0.39 is 0 Å². The second kappa shape index (κ2) is 6.95. The molecule has 1 rings (SSSR count). The van der Waals surface area contributed by atoms with Crippen molar-refractivity contribution in [2.24, 2.45) is 17.8 Å². The molecule has 0 bridgehead atoms. The van der Waals surface area contributed by atoms with Gasteiger partial charge in [-0.25, -0.2) is 0 Å². The third-order valence-corrected chi connectivity index (χ3v) is 4.15. The second-order valence-corrected chi connectivity index (χ2v) is 6.18. The van der Waals surface area contributed by atoms with Crippen molar-refractivity contribution in [2.75, 3.05) is 6.54 Å². The number of aryl methyl sites for hydroxylation is 1. The van der Waals surface area contributed by atoms with Gasteiger partial charge in [0, 0.05) is 6.54 Å². The van der Waals surface area contributed by atoms with E-state index in [1.807, 2.05) is 19.1 Å². The lowest BCUT2D eigenvalue weighted by Gasteiger charge is -2.25. The first kappa shape index (κ1) is 16.0. The summed E-state index contributed by atoms with van der Waals surface area (Å²) in [4.78, 5) is 12.2. The van der Waals surface area contributed by atoms with Crippen LogP contribution in [0.4, 0.5) is 0 Å². The molecule has 1 aromatic carbocycles. The van der Waals surface area contributed by atoms with Crippen LogP contribution in [-0.4, -0.2) is 12.5 Å². The summed E-state index contributed by atoms with van der Waals surface area (Å²) in [7, 11) is 0. The number of carbonyl (C=O) groups is 1. The molecule has 0 aromatic heterocycles. The molecule has 19 heavy (non-hydrogen) atoms. The first-order valence-corrected chi connectivity index (χ1v) is 7.25. The molecular weight excluding hydrogens is 258 g/mol. The third kappa shape index (κ3) is 4.24. The summed E-state index contributed by atoms with van der Waals surface area (Å²) in [5.41, 5.74) is 1.49. The molecule has 0 radical (unpaired) electrons. The molecule has 2 nitrogen and oxygen atoms in total. The van der Waals surface area contributed by atoms with Crippen LogP contribution in [-0.2, 0) is 0 Å². The van der Waals surface area contributed by atoms with Crippen molar-refractivity contribution in [2.45, 2.75) is 34.6 Å². The molecule has 0 aliphatic heterocycles. The van der Waals surface area contributed by atoms with Gasteiger partial charge in [0.2, 0.25) is 0 Å². The Morgan fingerprint density at radius 1 is 1.21 bits per heavy atom. The van der Waals surface area contributed by atoms with Crippen LogP contribution in [0.2, 0.25) is 5.02 Å². The second-order valence-electron chi connectivity index (χ2n) is 5.80. The van der Waals surface area contributed by atoms with Crippen LogP contribution in [0.5, 0.6) is 0 Å². The van der Waals surface area contributed by atoms with E-state index in [9.17, 15) is 4.79 Å². The van der Waals surface area contributed by atoms with Gasteiger partial charge in [0.15, 0.2) is 0 Å². The number of amides is 1. The Kier molecular flexibility index (Phi) is 5.86. The summed E-state index contributed by atoms with van der Waals surface area (Å²) < 4.78 is 0. The topological polar surface area (TPSA) is 29.1 Å². The maximum atomic E-state index is 12.2. The molecule has 106 valence electrons.